The van der Waals surface area contributed by atoms with Crippen molar-refractivity contribution in [3.05, 3.63) is 53.9 Å². The summed E-state index contributed by atoms with van der Waals surface area (Å²) in [5, 5.41) is 3.05. The molecule has 3 heterocycles. The monoisotopic (exact) mass is 339 g/mol. The molecule has 132 valence electrons. The SMILES string of the molecule is CCc1nccc(CN2CCCC(CNC(=O)c3ccncc3)C2)n1. The number of carbonyl (C=O) groups excluding carboxylic acids is 1. The van der Waals surface area contributed by atoms with E-state index in [1.165, 1.54) is 0 Å². The number of nitrogens with one attached hydrogen (secondary N) is 1. The lowest BCUT2D eigenvalue weighted by atomic mass is 9.97. The number of aryl methyl sites for hydroxylation is 1. The predicted octanol–water partition coefficient (Wildman–Crippen LogP) is 2.08. The van der Waals surface area contributed by atoms with E-state index in [9.17, 15) is 4.79 Å². The maximum absolute atomic E-state index is 12.2. The van der Waals surface area contributed by atoms with Gasteiger partial charge in [-0.3, -0.25) is 14.7 Å². The summed E-state index contributed by atoms with van der Waals surface area (Å²) < 4.78 is 0. The van der Waals surface area contributed by atoms with Gasteiger partial charge in [-0.15, -0.1) is 0 Å². The zero-order valence-corrected chi connectivity index (χ0v) is 14.7. The molecule has 0 saturated carbocycles. The summed E-state index contributed by atoms with van der Waals surface area (Å²) in [6, 6.07) is 5.47. The largest absolute Gasteiger partial charge is 0.352 e. The Bertz CT molecular complexity index is 691. The van der Waals surface area contributed by atoms with E-state index in [0.717, 1.165) is 50.4 Å². The van der Waals surface area contributed by atoms with E-state index >= 15 is 0 Å². The number of amides is 1. The van der Waals surface area contributed by atoms with E-state index in [1.54, 1.807) is 24.5 Å². The number of piperidine rings is 1. The fourth-order valence-electron chi connectivity index (χ4n) is 3.23. The number of likely N-dealkylation sites (tertiary alicyclic amines) is 1. The van der Waals surface area contributed by atoms with Crippen molar-refractivity contribution in [2.45, 2.75) is 32.7 Å². The van der Waals surface area contributed by atoms with Gasteiger partial charge in [-0.25, -0.2) is 9.97 Å². The fraction of sp³-hybridized carbons (Fsp3) is 0.474. The molecule has 1 aliphatic heterocycles. The van der Waals surface area contributed by atoms with Gasteiger partial charge in [0.2, 0.25) is 0 Å². The standard InChI is InChI=1S/C19H25N5O/c1-2-18-21-10-7-17(23-18)14-24-11-3-4-15(13-24)12-22-19(25)16-5-8-20-9-6-16/h5-10,15H,2-4,11-14H2,1H3,(H,22,25). The maximum Gasteiger partial charge on any atom is 0.251 e. The Morgan fingerprint density at radius 3 is 2.92 bits per heavy atom. The van der Waals surface area contributed by atoms with E-state index in [-0.39, 0.29) is 5.91 Å². The van der Waals surface area contributed by atoms with Gasteiger partial charge in [0.25, 0.3) is 5.91 Å². The Morgan fingerprint density at radius 1 is 1.28 bits per heavy atom. The summed E-state index contributed by atoms with van der Waals surface area (Å²) in [7, 11) is 0. The molecule has 1 N–H and O–H groups in total. The van der Waals surface area contributed by atoms with Crippen LogP contribution in [0.3, 0.4) is 0 Å². The van der Waals surface area contributed by atoms with Crippen molar-refractivity contribution in [2.24, 2.45) is 5.92 Å². The number of hydrogen-bond donors (Lipinski definition) is 1. The van der Waals surface area contributed by atoms with Gasteiger partial charge in [0.05, 0.1) is 5.69 Å². The number of rotatable bonds is 6. The number of hydrogen-bond acceptors (Lipinski definition) is 5. The number of carbonyl (C=O) groups is 1. The van der Waals surface area contributed by atoms with Crippen LogP contribution in [0.2, 0.25) is 0 Å². The van der Waals surface area contributed by atoms with Crippen LogP contribution in [0, 0.1) is 5.92 Å². The first-order valence-electron chi connectivity index (χ1n) is 8.96. The van der Waals surface area contributed by atoms with Crippen LogP contribution in [0.5, 0.6) is 0 Å². The van der Waals surface area contributed by atoms with Gasteiger partial charge in [0.1, 0.15) is 5.82 Å². The molecule has 1 amide bonds. The van der Waals surface area contributed by atoms with Gasteiger partial charge in [-0.05, 0) is 43.5 Å². The molecule has 6 heteroatoms. The van der Waals surface area contributed by atoms with Crippen molar-refractivity contribution in [1.29, 1.82) is 0 Å². The average Bonchev–Trinajstić information content (AvgIpc) is 2.67. The van der Waals surface area contributed by atoms with E-state index in [0.29, 0.717) is 18.0 Å². The molecule has 0 spiro atoms. The highest BCUT2D eigenvalue weighted by Crippen LogP contribution is 2.17. The summed E-state index contributed by atoms with van der Waals surface area (Å²) in [6.45, 7) is 5.70. The van der Waals surface area contributed by atoms with Crippen molar-refractivity contribution in [3.63, 3.8) is 0 Å². The molecule has 0 aliphatic carbocycles. The van der Waals surface area contributed by atoms with Gasteiger partial charge in [0.15, 0.2) is 0 Å². The van der Waals surface area contributed by atoms with E-state index in [2.05, 4.69) is 32.1 Å². The van der Waals surface area contributed by atoms with Crippen LogP contribution in [0.4, 0.5) is 0 Å². The highest BCUT2D eigenvalue weighted by atomic mass is 16.1. The lowest BCUT2D eigenvalue weighted by Gasteiger charge is -2.32. The summed E-state index contributed by atoms with van der Waals surface area (Å²) in [4.78, 5) is 27.4. The van der Waals surface area contributed by atoms with Crippen molar-refractivity contribution in [3.8, 4) is 0 Å². The molecule has 25 heavy (non-hydrogen) atoms. The summed E-state index contributed by atoms with van der Waals surface area (Å²) in [5.74, 6) is 1.35. The Labute approximate surface area is 148 Å². The minimum absolute atomic E-state index is 0.0251. The molecule has 3 rings (SSSR count). The molecule has 1 aliphatic rings. The van der Waals surface area contributed by atoms with Gasteiger partial charge >= 0.3 is 0 Å². The molecule has 0 radical (unpaired) electrons. The molecule has 0 aromatic carbocycles. The van der Waals surface area contributed by atoms with Crippen molar-refractivity contribution in [2.75, 3.05) is 19.6 Å². The first kappa shape index (κ1) is 17.5. The first-order valence-corrected chi connectivity index (χ1v) is 8.96. The van der Waals surface area contributed by atoms with Crippen LogP contribution in [0.15, 0.2) is 36.8 Å². The van der Waals surface area contributed by atoms with Gasteiger partial charge in [-0.1, -0.05) is 6.92 Å². The highest BCUT2D eigenvalue weighted by molar-refractivity contribution is 5.93. The van der Waals surface area contributed by atoms with Crippen molar-refractivity contribution in [1.82, 2.24) is 25.2 Å². The lowest BCUT2D eigenvalue weighted by Crippen LogP contribution is -2.40. The fourth-order valence-corrected chi connectivity index (χ4v) is 3.23. The third-order valence-electron chi connectivity index (χ3n) is 4.56. The van der Waals surface area contributed by atoms with Crippen LogP contribution in [0.1, 0.15) is 41.6 Å². The second-order valence-electron chi connectivity index (χ2n) is 6.51. The lowest BCUT2D eigenvalue weighted by molar-refractivity contribution is 0.0930. The molecule has 1 saturated heterocycles. The number of pyridine rings is 1. The first-order chi connectivity index (χ1) is 12.2. The molecular formula is C19H25N5O. The molecule has 1 fully saturated rings. The quantitative estimate of drug-likeness (QED) is 0.872. The molecular weight excluding hydrogens is 314 g/mol. The Balaban J connectivity index is 1.50. The Kier molecular flexibility index (Phi) is 6.06. The summed E-state index contributed by atoms with van der Waals surface area (Å²) in [6.07, 6.45) is 8.29. The van der Waals surface area contributed by atoms with E-state index in [4.69, 9.17) is 0 Å². The van der Waals surface area contributed by atoms with E-state index in [1.807, 2.05) is 12.3 Å². The zero-order chi connectivity index (χ0) is 17.5. The third-order valence-corrected chi connectivity index (χ3v) is 4.56. The normalized spacial score (nSPS) is 18.0. The smallest absolute Gasteiger partial charge is 0.251 e. The maximum atomic E-state index is 12.2. The van der Waals surface area contributed by atoms with Crippen LogP contribution in [-0.4, -0.2) is 45.4 Å². The molecule has 0 bridgehead atoms. The van der Waals surface area contributed by atoms with Gasteiger partial charge in [-0.2, -0.15) is 0 Å². The predicted molar refractivity (Wildman–Crippen MR) is 96.0 cm³/mol. The average molecular weight is 339 g/mol. The minimum atomic E-state index is -0.0251. The van der Waals surface area contributed by atoms with E-state index < -0.39 is 0 Å². The second-order valence-corrected chi connectivity index (χ2v) is 6.51. The zero-order valence-electron chi connectivity index (χ0n) is 14.7. The molecule has 6 nitrogen and oxygen atoms in total. The Morgan fingerprint density at radius 2 is 2.12 bits per heavy atom. The molecule has 1 unspecified atom stereocenters. The summed E-state index contributed by atoms with van der Waals surface area (Å²) in [5.41, 5.74) is 1.74. The van der Waals surface area contributed by atoms with Crippen LogP contribution >= 0.6 is 0 Å². The summed E-state index contributed by atoms with van der Waals surface area (Å²) >= 11 is 0. The van der Waals surface area contributed by atoms with Gasteiger partial charge < -0.3 is 5.32 Å². The van der Waals surface area contributed by atoms with Crippen molar-refractivity contribution >= 4 is 5.91 Å². The molecule has 2 aromatic heterocycles. The number of aromatic nitrogens is 3. The highest BCUT2D eigenvalue weighted by Gasteiger charge is 2.21. The second kappa shape index (κ2) is 8.67. The van der Waals surface area contributed by atoms with Crippen molar-refractivity contribution < 1.29 is 4.79 Å². The van der Waals surface area contributed by atoms with Crippen LogP contribution < -0.4 is 5.32 Å². The third kappa shape index (κ3) is 5.06. The minimum Gasteiger partial charge on any atom is -0.352 e. The van der Waals surface area contributed by atoms with Crippen LogP contribution in [-0.2, 0) is 13.0 Å². The Hall–Kier alpha value is -2.34. The van der Waals surface area contributed by atoms with Gasteiger partial charge in [0, 0.05) is 50.2 Å². The van der Waals surface area contributed by atoms with Crippen LogP contribution in [0.25, 0.3) is 0 Å². The number of nitrogens with zero attached hydrogens (tertiary/aromatic N) is 4. The topological polar surface area (TPSA) is 71.0 Å². The molecule has 2 aromatic rings. The molecule has 1 atom stereocenters.